The van der Waals surface area contributed by atoms with E-state index in [9.17, 15) is 9.59 Å². The molecule has 2 amide bonds. The van der Waals surface area contributed by atoms with E-state index in [1.807, 2.05) is 24.3 Å². The number of hydrogen-bond acceptors (Lipinski definition) is 7. The van der Waals surface area contributed by atoms with Crippen molar-refractivity contribution in [1.82, 2.24) is 20.1 Å². The maximum atomic E-state index is 13.1. The maximum Gasteiger partial charge on any atom is 0.272 e. The second kappa shape index (κ2) is 8.71. The van der Waals surface area contributed by atoms with Crippen molar-refractivity contribution in [3.8, 4) is 17.0 Å². The summed E-state index contributed by atoms with van der Waals surface area (Å²) in [6.07, 6.45) is 1.88. The van der Waals surface area contributed by atoms with Crippen molar-refractivity contribution in [1.29, 1.82) is 0 Å². The van der Waals surface area contributed by atoms with Crippen molar-refractivity contribution in [2.75, 3.05) is 25.6 Å². The number of aromatic amines is 1. The molecular formula is C22H23N5O4S. The van der Waals surface area contributed by atoms with Gasteiger partial charge in [0.05, 0.1) is 25.0 Å². The lowest BCUT2D eigenvalue weighted by Gasteiger charge is -2.25. The zero-order valence-corrected chi connectivity index (χ0v) is 18.4. The minimum atomic E-state index is -0.395. The van der Waals surface area contributed by atoms with Crippen LogP contribution in [0.5, 0.6) is 5.75 Å². The fraction of sp³-hybridized carbons (Fsp3) is 0.364. The largest absolute Gasteiger partial charge is 0.497 e. The highest BCUT2D eigenvalue weighted by atomic mass is 32.1. The number of rotatable bonds is 5. The molecule has 0 saturated carbocycles. The van der Waals surface area contributed by atoms with Gasteiger partial charge in [0.1, 0.15) is 17.5 Å². The summed E-state index contributed by atoms with van der Waals surface area (Å²) < 4.78 is 10.7. The molecule has 10 heteroatoms. The van der Waals surface area contributed by atoms with Crippen molar-refractivity contribution in [3.63, 3.8) is 0 Å². The molecule has 0 bridgehead atoms. The van der Waals surface area contributed by atoms with E-state index >= 15 is 0 Å². The third-order valence-corrected chi connectivity index (χ3v) is 6.64. The Morgan fingerprint density at radius 3 is 3.06 bits per heavy atom. The van der Waals surface area contributed by atoms with Gasteiger partial charge >= 0.3 is 0 Å². The molecule has 1 unspecified atom stereocenters. The SMILES string of the molecule is COc1cccc(-c2cc(C(=O)N3CCc4nc(NC(=O)C5CCCO5)sc4C3)[nH]n2)c1. The van der Waals surface area contributed by atoms with Crippen LogP contribution in [-0.4, -0.2) is 58.3 Å². The first-order chi connectivity index (χ1) is 15.6. The molecule has 1 saturated heterocycles. The van der Waals surface area contributed by atoms with Crippen molar-refractivity contribution in [2.45, 2.75) is 31.9 Å². The summed E-state index contributed by atoms with van der Waals surface area (Å²) in [5.41, 5.74) is 2.92. The van der Waals surface area contributed by atoms with Gasteiger partial charge in [0.15, 0.2) is 5.13 Å². The lowest BCUT2D eigenvalue weighted by Crippen LogP contribution is -2.35. The number of methoxy groups -OCH3 is 1. The predicted octanol–water partition coefficient (Wildman–Crippen LogP) is 2.86. The van der Waals surface area contributed by atoms with Crippen LogP contribution >= 0.6 is 11.3 Å². The van der Waals surface area contributed by atoms with Crippen molar-refractivity contribution in [2.24, 2.45) is 0 Å². The van der Waals surface area contributed by atoms with E-state index in [2.05, 4.69) is 20.5 Å². The van der Waals surface area contributed by atoms with Gasteiger partial charge in [-0.15, -0.1) is 0 Å². The van der Waals surface area contributed by atoms with Crippen LogP contribution in [0.3, 0.4) is 0 Å². The number of hydrogen-bond donors (Lipinski definition) is 2. The smallest absolute Gasteiger partial charge is 0.272 e. The lowest BCUT2D eigenvalue weighted by molar-refractivity contribution is -0.124. The van der Waals surface area contributed by atoms with E-state index in [0.29, 0.717) is 42.6 Å². The number of nitrogens with one attached hydrogen (secondary N) is 2. The molecular weight excluding hydrogens is 430 g/mol. The number of benzene rings is 1. The van der Waals surface area contributed by atoms with Gasteiger partial charge < -0.3 is 14.4 Å². The lowest BCUT2D eigenvalue weighted by atomic mass is 10.1. The highest BCUT2D eigenvalue weighted by molar-refractivity contribution is 7.15. The van der Waals surface area contributed by atoms with Gasteiger partial charge in [-0.3, -0.25) is 20.0 Å². The Morgan fingerprint density at radius 1 is 1.34 bits per heavy atom. The Morgan fingerprint density at radius 2 is 2.25 bits per heavy atom. The van der Waals surface area contributed by atoms with E-state index in [-0.39, 0.29) is 11.8 Å². The van der Waals surface area contributed by atoms with Crippen LogP contribution in [0.1, 0.15) is 33.9 Å². The van der Waals surface area contributed by atoms with Gasteiger partial charge in [-0.05, 0) is 31.0 Å². The summed E-state index contributed by atoms with van der Waals surface area (Å²) in [5.74, 6) is 0.467. The van der Waals surface area contributed by atoms with E-state index in [1.54, 1.807) is 18.1 Å². The molecule has 4 heterocycles. The molecule has 3 aromatic rings. The molecule has 9 nitrogen and oxygen atoms in total. The summed E-state index contributed by atoms with van der Waals surface area (Å²) in [6.45, 7) is 1.63. The fourth-order valence-electron chi connectivity index (χ4n) is 3.92. The molecule has 2 N–H and O–H groups in total. The van der Waals surface area contributed by atoms with E-state index < -0.39 is 6.10 Å². The number of aromatic nitrogens is 3. The summed E-state index contributed by atoms with van der Waals surface area (Å²) in [7, 11) is 1.61. The minimum absolute atomic E-state index is 0.115. The van der Waals surface area contributed by atoms with Crippen LogP contribution in [0, 0.1) is 0 Å². The van der Waals surface area contributed by atoms with E-state index in [0.717, 1.165) is 34.7 Å². The fourth-order valence-corrected chi connectivity index (χ4v) is 4.95. The second-order valence-corrected chi connectivity index (χ2v) is 8.84. The minimum Gasteiger partial charge on any atom is -0.497 e. The summed E-state index contributed by atoms with van der Waals surface area (Å²) in [5, 5.41) is 10.6. The Kier molecular flexibility index (Phi) is 5.62. The number of ether oxygens (including phenoxy) is 2. The van der Waals surface area contributed by atoms with Crippen molar-refractivity contribution < 1.29 is 19.1 Å². The number of carbonyl (C=O) groups excluding carboxylic acids is 2. The predicted molar refractivity (Wildman–Crippen MR) is 119 cm³/mol. The third kappa shape index (κ3) is 4.11. The van der Waals surface area contributed by atoms with Crippen LogP contribution in [0.15, 0.2) is 30.3 Å². The number of nitrogens with zero attached hydrogens (tertiary/aromatic N) is 3. The summed E-state index contributed by atoms with van der Waals surface area (Å²) in [6, 6.07) is 9.30. The molecule has 32 heavy (non-hydrogen) atoms. The molecule has 1 fully saturated rings. The van der Waals surface area contributed by atoms with Crippen LogP contribution in [0.25, 0.3) is 11.3 Å². The van der Waals surface area contributed by atoms with Gasteiger partial charge in [0.25, 0.3) is 11.8 Å². The van der Waals surface area contributed by atoms with Gasteiger partial charge in [-0.25, -0.2) is 4.98 Å². The third-order valence-electron chi connectivity index (χ3n) is 5.64. The summed E-state index contributed by atoms with van der Waals surface area (Å²) >= 11 is 1.41. The normalized spacial score (nSPS) is 17.8. The standard InChI is InChI=1S/C22H23N5O4S/c1-30-14-5-2-4-13(10-14)16-11-17(26-25-16)21(29)27-8-7-15-19(12-27)32-22(23-15)24-20(28)18-6-3-9-31-18/h2,4-5,10-11,18H,3,6-9,12H2,1H3,(H,25,26)(H,23,24,28). The molecule has 166 valence electrons. The highest BCUT2D eigenvalue weighted by Crippen LogP contribution is 2.30. The zero-order valence-electron chi connectivity index (χ0n) is 17.6. The first-order valence-corrected chi connectivity index (χ1v) is 11.3. The van der Waals surface area contributed by atoms with Crippen LogP contribution in [-0.2, 0) is 22.5 Å². The first-order valence-electron chi connectivity index (χ1n) is 10.5. The van der Waals surface area contributed by atoms with Crippen LogP contribution in [0.2, 0.25) is 0 Å². The van der Waals surface area contributed by atoms with Gasteiger partial charge in [-0.2, -0.15) is 5.10 Å². The number of H-pyrrole nitrogens is 1. The quantitative estimate of drug-likeness (QED) is 0.615. The van der Waals surface area contributed by atoms with Gasteiger partial charge in [0, 0.05) is 30.0 Å². The van der Waals surface area contributed by atoms with Gasteiger partial charge in [0.2, 0.25) is 0 Å². The topological polar surface area (TPSA) is 109 Å². The number of carbonyl (C=O) groups is 2. The molecule has 2 aliphatic rings. The van der Waals surface area contributed by atoms with E-state index in [1.165, 1.54) is 11.3 Å². The number of fused-ring (bicyclic) bond motifs is 1. The zero-order chi connectivity index (χ0) is 22.1. The molecule has 2 aliphatic heterocycles. The van der Waals surface area contributed by atoms with Gasteiger partial charge in [-0.1, -0.05) is 23.5 Å². The molecule has 0 spiro atoms. The molecule has 2 aromatic heterocycles. The highest BCUT2D eigenvalue weighted by Gasteiger charge is 2.28. The van der Waals surface area contributed by atoms with Crippen molar-refractivity contribution >= 4 is 28.3 Å². The Hall–Kier alpha value is -3.24. The van der Waals surface area contributed by atoms with Crippen molar-refractivity contribution in [3.05, 3.63) is 46.6 Å². The summed E-state index contributed by atoms with van der Waals surface area (Å²) in [4.78, 5) is 32.7. The Bertz CT molecular complexity index is 1150. The number of amides is 2. The van der Waals surface area contributed by atoms with Crippen LogP contribution < -0.4 is 10.1 Å². The number of thiazole rings is 1. The van der Waals surface area contributed by atoms with Crippen LogP contribution in [0.4, 0.5) is 5.13 Å². The average Bonchev–Trinajstić information content (AvgIpc) is 3.58. The first kappa shape index (κ1) is 20.7. The Balaban J connectivity index is 1.26. The second-order valence-electron chi connectivity index (χ2n) is 7.76. The molecule has 1 aromatic carbocycles. The van der Waals surface area contributed by atoms with E-state index in [4.69, 9.17) is 9.47 Å². The number of anilines is 1. The molecule has 5 rings (SSSR count). The molecule has 1 atom stereocenters. The Labute approximate surface area is 188 Å². The molecule has 0 radical (unpaired) electrons. The monoisotopic (exact) mass is 453 g/mol. The maximum absolute atomic E-state index is 13.1. The average molecular weight is 454 g/mol. The molecule has 0 aliphatic carbocycles.